The van der Waals surface area contributed by atoms with Gasteiger partial charge in [-0.3, -0.25) is 4.98 Å². The Bertz CT molecular complexity index is 540. The molecule has 0 fully saturated rings. The summed E-state index contributed by atoms with van der Waals surface area (Å²) in [5, 5.41) is 0. The van der Waals surface area contributed by atoms with Crippen molar-refractivity contribution in [3.05, 3.63) is 65.5 Å². The van der Waals surface area contributed by atoms with E-state index in [0.717, 1.165) is 11.1 Å². The Morgan fingerprint density at radius 2 is 2.00 bits per heavy atom. The summed E-state index contributed by atoms with van der Waals surface area (Å²) in [6, 6.07) is 11.1. The molecule has 4 nitrogen and oxygen atoms in total. The monoisotopic (exact) mass is 257 g/mol. The summed E-state index contributed by atoms with van der Waals surface area (Å²) in [5.41, 5.74) is 2.35. The molecule has 4 heteroatoms. The molecule has 19 heavy (non-hydrogen) atoms. The second kappa shape index (κ2) is 6.66. The number of hydrogen-bond donors (Lipinski definition) is 0. The number of esters is 1. The number of carbonyl (C=O) groups excluding carboxylic acids is 1. The van der Waals surface area contributed by atoms with Crippen LogP contribution in [0.25, 0.3) is 0 Å². The molecule has 0 atom stereocenters. The van der Waals surface area contributed by atoms with Crippen LogP contribution in [0.3, 0.4) is 0 Å². The van der Waals surface area contributed by atoms with E-state index >= 15 is 0 Å². The number of pyridine rings is 1. The van der Waals surface area contributed by atoms with Gasteiger partial charge < -0.3 is 9.47 Å². The van der Waals surface area contributed by atoms with Crippen molar-refractivity contribution in [3.63, 3.8) is 0 Å². The Kier molecular flexibility index (Phi) is 4.64. The van der Waals surface area contributed by atoms with Gasteiger partial charge in [-0.05, 0) is 23.3 Å². The van der Waals surface area contributed by atoms with Crippen molar-refractivity contribution < 1.29 is 14.3 Å². The van der Waals surface area contributed by atoms with Crippen LogP contribution in [0, 0.1) is 0 Å². The molecule has 0 saturated heterocycles. The summed E-state index contributed by atoms with van der Waals surface area (Å²) in [5.74, 6) is -0.347. The van der Waals surface area contributed by atoms with Crippen LogP contribution in [0.15, 0.2) is 48.8 Å². The van der Waals surface area contributed by atoms with Crippen LogP contribution in [-0.4, -0.2) is 18.1 Å². The molecule has 98 valence electrons. The van der Waals surface area contributed by atoms with Crippen LogP contribution >= 0.6 is 0 Å². The van der Waals surface area contributed by atoms with E-state index in [1.165, 1.54) is 7.11 Å². The third kappa shape index (κ3) is 3.63. The highest BCUT2D eigenvalue weighted by molar-refractivity contribution is 5.90. The first kappa shape index (κ1) is 13.2. The zero-order valence-corrected chi connectivity index (χ0v) is 10.7. The molecule has 0 amide bonds. The summed E-state index contributed by atoms with van der Waals surface area (Å²) in [6.45, 7) is 0.823. The van der Waals surface area contributed by atoms with Crippen molar-refractivity contribution in [1.82, 2.24) is 4.98 Å². The maximum absolute atomic E-state index is 11.6. The molecule has 0 saturated carbocycles. The van der Waals surface area contributed by atoms with E-state index < -0.39 is 0 Å². The maximum atomic E-state index is 11.6. The summed E-state index contributed by atoms with van der Waals surface area (Å²) in [4.78, 5) is 15.6. The van der Waals surface area contributed by atoms with Gasteiger partial charge in [0.15, 0.2) is 0 Å². The van der Waals surface area contributed by atoms with E-state index in [0.29, 0.717) is 18.8 Å². The highest BCUT2D eigenvalue weighted by Crippen LogP contribution is 2.12. The van der Waals surface area contributed by atoms with Crippen molar-refractivity contribution >= 4 is 5.97 Å². The Balaban J connectivity index is 1.98. The molecule has 0 aliphatic heterocycles. The van der Waals surface area contributed by atoms with Crippen LogP contribution in [0.2, 0.25) is 0 Å². The summed E-state index contributed by atoms with van der Waals surface area (Å²) >= 11 is 0. The zero-order chi connectivity index (χ0) is 13.5. The number of ether oxygens (including phenoxy) is 2. The minimum atomic E-state index is -0.347. The maximum Gasteiger partial charge on any atom is 0.338 e. The van der Waals surface area contributed by atoms with Crippen LogP contribution in [0.4, 0.5) is 0 Å². The fourth-order valence-corrected chi connectivity index (χ4v) is 1.72. The third-order valence-electron chi connectivity index (χ3n) is 2.67. The number of methoxy groups -OCH3 is 1. The minimum absolute atomic E-state index is 0.347. The van der Waals surface area contributed by atoms with E-state index in [9.17, 15) is 4.79 Å². The summed E-state index contributed by atoms with van der Waals surface area (Å²) < 4.78 is 10.3. The number of hydrogen-bond acceptors (Lipinski definition) is 4. The molecule has 0 unspecified atom stereocenters. The molecule has 2 aromatic rings. The van der Waals surface area contributed by atoms with E-state index in [1.54, 1.807) is 24.5 Å². The average molecular weight is 257 g/mol. The molecule has 0 N–H and O–H groups in total. The normalized spacial score (nSPS) is 10.2. The molecule has 1 aromatic heterocycles. The molecule has 0 bridgehead atoms. The third-order valence-corrected chi connectivity index (χ3v) is 2.67. The second-order valence-electron chi connectivity index (χ2n) is 4.00. The van der Waals surface area contributed by atoms with Gasteiger partial charge in [0.1, 0.15) is 0 Å². The fourth-order valence-electron chi connectivity index (χ4n) is 1.72. The van der Waals surface area contributed by atoms with Crippen LogP contribution in [0.5, 0.6) is 0 Å². The first-order valence-corrected chi connectivity index (χ1v) is 5.94. The summed E-state index contributed by atoms with van der Waals surface area (Å²) in [7, 11) is 1.37. The predicted molar refractivity (Wildman–Crippen MR) is 70.5 cm³/mol. The predicted octanol–water partition coefficient (Wildman–Crippen LogP) is 2.59. The van der Waals surface area contributed by atoms with Gasteiger partial charge in [-0.2, -0.15) is 0 Å². The van der Waals surface area contributed by atoms with Gasteiger partial charge in [-0.15, -0.1) is 0 Å². The number of aromatic nitrogens is 1. The first-order valence-electron chi connectivity index (χ1n) is 5.94. The topological polar surface area (TPSA) is 48.4 Å². The summed E-state index contributed by atoms with van der Waals surface area (Å²) in [6.07, 6.45) is 3.47. The highest BCUT2D eigenvalue weighted by atomic mass is 16.5. The zero-order valence-electron chi connectivity index (χ0n) is 10.7. The average Bonchev–Trinajstić information content (AvgIpc) is 2.48. The second-order valence-corrected chi connectivity index (χ2v) is 4.00. The molecule has 2 rings (SSSR count). The van der Waals surface area contributed by atoms with Crippen LogP contribution in [-0.2, 0) is 22.7 Å². The quantitative estimate of drug-likeness (QED) is 0.772. The number of nitrogens with zero attached hydrogens (tertiary/aromatic N) is 1. The molecule has 0 aliphatic carbocycles. The van der Waals surface area contributed by atoms with Gasteiger partial charge in [0, 0.05) is 12.4 Å². The molecular weight excluding hydrogens is 242 g/mol. The van der Waals surface area contributed by atoms with Crippen molar-refractivity contribution in [2.75, 3.05) is 7.11 Å². The van der Waals surface area contributed by atoms with Gasteiger partial charge in [-0.1, -0.05) is 24.3 Å². The highest BCUT2D eigenvalue weighted by Gasteiger charge is 2.10. The van der Waals surface area contributed by atoms with E-state index in [2.05, 4.69) is 4.98 Å². The van der Waals surface area contributed by atoms with Gasteiger partial charge in [0.05, 0.1) is 25.9 Å². The Morgan fingerprint density at radius 1 is 1.16 bits per heavy atom. The molecule has 0 spiro atoms. The van der Waals surface area contributed by atoms with Crippen LogP contribution in [0.1, 0.15) is 21.5 Å². The van der Waals surface area contributed by atoms with E-state index in [1.807, 2.05) is 24.3 Å². The molecular formula is C15H15NO3. The Labute approximate surface area is 112 Å². The number of carbonyl (C=O) groups is 1. The Hall–Kier alpha value is -2.20. The number of rotatable bonds is 5. The standard InChI is InChI=1S/C15H15NO3/c1-18-15(17)14-7-3-2-6-13(14)11-19-10-12-5-4-8-16-9-12/h2-9H,10-11H2,1H3. The van der Waals surface area contributed by atoms with E-state index in [-0.39, 0.29) is 5.97 Å². The van der Waals surface area contributed by atoms with E-state index in [4.69, 9.17) is 9.47 Å². The molecule has 0 radical (unpaired) electrons. The lowest BCUT2D eigenvalue weighted by atomic mass is 10.1. The largest absolute Gasteiger partial charge is 0.465 e. The van der Waals surface area contributed by atoms with Crippen molar-refractivity contribution in [1.29, 1.82) is 0 Å². The van der Waals surface area contributed by atoms with Crippen molar-refractivity contribution in [2.45, 2.75) is 13.2 Å². The molecule has 1 heterocycles. The van der Waals surface area contributed by atoms with Gasteiger partial charge in [0.2, 0.25) is 0 Å². The lowest BCUT2D eigenvalue weighted by Gasteiger charge is -2.08. The lowest BCUT2D eigenvalue weighted by molar-refractivity contribution is 0.0590. The SMILES string of the molecule is COC(=O)c1ccccc1COCc1cccnc1. The van der Waals surface area contributed by atoms with Gasteiger partial charge in [0.25, 0.3) is 0 Å². The lowest BCUT2D eigenvalue weighted by Crippen LogP contribution is -2.06. The smallest absolute Gasteiger partial charge is 0.338 e. The van der Waals surface area contributed by atoms with Crippen LogP contribution < -0.4 is 0 Å². The first-order chi connectivity index (χ1) is 9.31. The fraction of sp³-hybridized carbons (Fsp3) is 0.200. The van der Waals surface area contributed by atoms with Gasteiger partial charge in [-0.25, -0.2) is 4.79 Å². The number of benzene rings is 1. The molecule has 0 aliphatic rings. The van der Waals surface area contributed by atoms with Crippen molar-refractivity contribution in [2.24, 2.45) is 0 Å². The Morgan fingerprint density at radius 3 is 2.74 bits per heavy atom. The van der Waals surface area contributed by atoms with Crippen molar-refractivity contribution in [3.8, 4) is 0 Å². The minimum Gasteiger partial charge on any atom is -0.465 e. The molecule has 1 aromatic carbocycles. The van der Waals surface area contributed by atoms with Gasteiger partial charge >= 0.3 is 5.97 Å².